The van der Waals surface area contributed by atoms with Gasteiger partial charge in [0.05, 0.1) is 10.5 Å². The summed E-state index contributed by atoms with van der Waals surface area (Å²) < 4.78 is 40.8. The predicted octanol–water partition coefficient (Wildman–Crippen LogP) is 1.68. The van der Waals surface area contributed by atoms with Gasteiger partial charge in [0.25, 0.3) is 5.91 Å². The molecule has 2 aromatic carbocycles. The molecule has 0 bridgehead atoms. The highest BCUT2D eigenvalue weighted by Crippen LogP contribution is 2.19. The first-order valence-electron chi connectivity index (χ1n) is 9.14. The first-order valence-corrected chi connectivity index (χ1v) is 10.6. The van der Waals surface area contributed by atoms with Crippen molar-refractivity contribution in [3.63, 3.8) is 0 Å². The highest BCUT2D eigenvalue weighted by Gasteiger charge is 2.26. The third kappa shape index (κ3) is 5.39. The number of nitrogens with two attached hydrogens (primary N) is 1. The van der Waals surface area contributed by atoms with E-state index in [9.17, 15) is 22.4 Å². The van der Waals surface area contributed by atoms with Crippen molar-refractivity contribution in [1.29, 1.82) is 0 Å². The molecule has 0 saturated carbocycles. The predicted molar refractivity (Wildman–Crippen MR) is 107 cm³/mol. The molecule has 0 aliphatic rings. The number of carbonyl (C=O) groups is 2. The van der Waals surface area contributed by atoms with E-state index in [1.807, 2.05) is 0 Å². The fraction of sp³-hybridized carbons (Fsp3) is 0.300. The van der Waals surface area contributed by atoms with Crippen LogP contribution in [-0.2, 0) is 21.2 Å². The Morgan fingerprint density at radius 3 is 2.28 bits per heavy atom. The molecule has 2 rings (SSSR count). The number of sulfonamides is 1. The van der Waals surface area contributed by atoms with Crippen molar-refractivity contribution in [2.75, 3.05) is 13.1 Å². The Kier molecular flexibility index (Phi) is 7.46. The van der Waals surface area contributed by atoms with E-state index in [4.69, 9.17) is 5.73 Å². The Hall–Kier alpha value is -2.78. The maximum Gasteiger partial charge on any atom is 0.254 e. The molecule has 1 atom stereocenters. The molecule has 0 spiro atoms. The monoisotopic (exact) mass is 421 g/mol. The molecule has 0 saturated heterocycles. The minimum absolute atomic E-state index is 0.126. The maximum absolute atomic E-state index is 14.3. The molecule has 0 aromatic heterocycles. The molecule has 9 heteroatoms. The number of halogens is 1. The SMILES string of the molecule is CCN(CC)S(=O)(=O)c1ccc(F)c(C(=O)NC(Cc2ccccc2)C(N)=O)c1. The van der Waals surface area contributed by atoms with Gasteiger partial charge >= 0.3 is 0 Å². The average molecular weight is 421 g/mol. The number of benzene rings is 2. The quantitative estimate of drug-likeness (QED) is 0.642. The van der Waals surface area contributed by atoms with Crippen molar-refractivity contribution in [2.24, 2.45) is 5.73 Å². The molecule has 7 nitrogen and oxygen atoms in total. The second-order valence-electron chi connectivity index (χ2n) is 6.35. The van der Waals surface area contributed by atoms with Crippen molar-refractivity contribution in [2.45, 2.75) is 31.2 Å². The highest BCUT2D eigenvalue weighted by atomic mass is 32.2. The van der Waals surface area contributed by atoms with Crippen LogP contribution in [0.15, 0.2) is 53.4 Å². The molecule has 29 heavy (non-hydrogen) atoms. The highest BCUT2D eigenvalue weighted by molar-refractivity contribution is 7.89. The molecular weight excluding hydrogens is 397 g/mol. The van der Waals surface area contributed by atoms with Crippen LogP contribution >= 0.6 is 0 Å². The van der Waals surface area contributed by atoms with E-state index in [0.717, 1.165) is 23.8 Å². The summed E-state index contributed by atoms with van der Waals surface area (Å²) in [6.45, 7) is 3.83. The number of primary amides is 1. The van der Waals surface area contributed by atoms with Crippen molar-refractivity contribution < 1.29 is 22.4 Å². The Balaban J connectivity index is 2.30. The number of rotatable bonds is 9. The van der Waals surface area contributed by atoms with Gasteiger partial charge in [0.2, 0.25) is 15.9 Å². The second-order valence-corrected chi connectivity index (χ2v) is 8.29. The van der Waals surface area contributed by atoms with Crippen molar-refractivity contribution in [3.8, 4) is 0 Å². The largest absolute Gasteiger partial charge is 0.368 e. The lowest BCUT2D eigenvalue weighted by atomic mass is 10.0. The zero-order valence-corrected chi connectivity index (χ0v) is 17.1. The normalized spacial score (nSPS) is 12.6. The van der Waals surface area contributed by atoms with Gasteiger partial charge in [-0.15, -0.1) is 0 Å². The summed E-state index contributed by atoms with van der Waals surface area (Å²) in [6, 6.07) is 10.8. The standard InChI is InChI=1S/C20H24FN3O4S/c1-3-24(4-2)29(27,28)15-10-11-17(21)16(13-15)20(26)23-18(19(22)25)12-14-8-6-5-7-9-14/h5-11,13,18H,3-4,12H2,1-2H3,(H2,22,25)(H,23,26). The van der Waals surface area contributed by atoms with Crippen molar-refractivity contribution >= 4 is 21.8 Å². The van der Waals surface area contributed by atoms with Gasteiger partial charge in [0.1, 0.15) is 11.9 Å². The van der Waals surface area contributed by atoms with Crippen LogP contribution in [0.2, 0.25) is 0 Å². The number of nitrogens with zero attached hydrogens (tertiary/aromatic N) is 1. The smallest absolute Gasteiger partial charge is 0.254 e. The number of hydrogen-bond acceptors (Lipinski definition) is 4. The van der Waals surface area contributed by atoms with E-state index in [1.54, 1.807) is 44.2 Å². The molecule has 3 N–H and O–H groups in total. The van der Waals surface area contributed by atoms with Gasteiger partial charge in [-0.25, -0.2) is 12.8 Å². The van der Waals surface area contributed by atoms with E-state index in [1.165, 1.54) is 4.31 Å². The summed E-state index contributed by atoms with van der Waals surface area (Å²) >= 11 is 0. The molecule has 0 radical (unpaired) electrons. The average Bonchev–Trinajstić information content (AvgIpc) is 2.69. The summed E-state index contributed by atoms with van der Waals surface area (Å²) in [4.78, 5) is 24.1. The summed E-state index contributed by atoms with van der Waals surface area (Å²) in [6.07, 6.45) is 0.126. The van der Waals surface area contributed by atoms with Gasteiger partial charge < -0.3 is 11.1 Å². The third-order valence-corrected chi connectivity index (χ3v) is 6.50. The lowest BCUT2D eigenvalue weighted by Gasteiger charge is -2.19. The van der Waals surface area contributed by atoms with Crippen molar-refractivity contribution in [3.05, 3.63) is 65.5 Å². The fourth-order valence-electron chi connectivity index (χ4n) is 2.86. The Morgan fingerprint density at radius 2 is 1.72 bits per heavy atom. The summed E-state index contributed by atoms with van der Waals surface area (Å²) in [5, 5.41) is 2.40. The van der Waals surface area contributed by atoms with Gasteiger partial charge in [-0.3, -0.25) is 9.59 Å². The molecule has 0 heterocycles. The lowest BCUT2D eigenvalue weighted by Crippen LogP contribution is -2.46. The third-order valence-electron chi connectivity index (χ3n) is 4.46. The van der Waals surface area contributed by atoms with Crippen LogP contribution in [0.4, 0.5) is 4.39 Å². The molecule has 2 aromatic rings. The topological polar surface area (TPSA) is 110 Å². The summed E-state index contributed by atoms with van der Waals surface area (Å²) in [7, 11) is -3.87. The van der Waals surface area contributed by atoms with Crippen LogP contribution in [0, 0.1) is 5.82 Å². The van der Waals surface area contributed by atoms with Crippen LogP contribution in [0.25, 0.3) is 0 Å². The Morgan fingerprint density at radius 1 is 1.10 bits per heavy atom. The zero-order valence-electron chi connectivity index (χ0n) is 16.3. The Labute approximate surface area is 169 Å². The van der Waals surface area contributed by atoms with E-state index in [-0.39, 0.29) is 24.4 Å². The van der Waals surface area contributed by atoms with E-state index in [0.29, 0.717) is 0 Å². The van der Waals surface area contributed by atoms with Gasteiger partial charge in [-0.05, 0) is 23.8 Å². The van der Waals surface area contributed by atoms with E-state index >= 15 is 0 Å². The number of hydrogen-bond donors (Lipinski definition) is 2. The Bertz CT molecular complexity index is 976. The van der Waals surface area contributed by atoms with Crippen LogP contribution in [0.3, 0.4) is 0 Å². The van der Waals surface area contributed by atoms with Crippen LogP contribution in [0.1, 0.15) is 29.8 Å². The molecule has 0 fully saturated rings. The number of nitrogens with one attached hydrogen (secondary N) is 1. The van der Waals surface area contributed by atoms with E-state index in [2.05, 4.69) is 5.32 Å². The van der Waals surface area contributed by atoms with Gasteiger partial charge in [-0.2, -0.15) is 4.31 Å². The number of carbonyl (C=O) groups excluding carboxylic acids is 2. The fourth-order valence-corrected chi connectivity index (χ4v) is 4.34. The molecule has 1 unspecified atom stereocenters. The van der Waals surface area contributed by atoms with Gasteiger partial charge in [-0.1, -0.05) is 44.2 Å². The summed E-state index contributed by atoms with van der Waals surface area (Å²) in [5.41, 5.74) is 5.66. The minimum atomic E-state index is -3.87. The first-order chi connectivity index (χ1) is 13.7. The minimum Gasteiger partial charge on any atom is -0.368 e. The summed E-state index contributed by atoms with van der Waals surface area (Å²) in [5.74, 6) is -2.60. The van der Waals surface area contributed by atoms with Crippen LogP contribution in [-0.4, -0.2) is 43.7 Å². The lowest BCUT2D eigenvalue weighted by molar-refractivity contribution is -0.119. The van der Waals surface area contributed by atoms with Gasteiger partial charge in [0.15, 0.2) is 0 Å². The molecule has 0 aliphatic carbocycles. The zero-order chi connectivity index (χ0) is 21.6. The van der Waals surface area contributed by atoms with Crippen LogP contribution < -0.4 is 11.1 Å². The molecular formula is C20H24FN3O4S. The molecule has 0 aliphatic heterocycles. The van der Waals surface area contributed by atoms with E-state index < -0.39 is 39.3 Å². The maximum atomic E-state index is 14.3. The second kappa shape index (κ2) is 9.62. The van der Waals surface area contributed by atoms with Crippen LogP contribution in [0.5, 0.6) is 0 Å². The number of amides is 2. The van der Waals surface area contributed by atoms with Gasteiger partial charge in [0, 0.05) is 19.5 Å². The first kappa shape index (κ1) is 22.5. The van der Waals surface area contributed by atoms with Crippen molar-refractivity contribution in [1.82, 2.24) is 9.62 Å². The molecule has 156 valence electrons. The molecule has 2 amide bonds.